The second-order valence-electron chi connectivity index (χ2n) is 3.16. The number of carbonyl (C=O) groups excluding carboxylic acids is 2. The van der Waals surface area contributed by atoms with Crippen LogP contribution in [0.3, 0.4) is 0 Å². The number of ketones is 1. The fourth-order valence-electron chi connectivity index (χ4n) is 1.43. The minimum absolute atomic E-state index is 0.0388. The van der Waals surface area contributed by atoms with Crippen molar-refractivity contribution in [2.24, 2.45) is 0 Å². The van der Waals surface area contributed by atoms with E-state index in [9.17, 15) is 9.59 Å². The number of fused-ring (bicyclic) bond motifs is 1. The van der Waals surface area contributed by atoms with E-state index in [-0.39, 0.29) is 18.1 Å². The molecule has 1 aliphatic heterocycles. The average molecular weight is 301 g/mol. The second kappa shape index (κ2) is 3.68. The maximum absolute atomic E-state index is 11.6. The number of hydrogen-bond acceptors (Lipinski definition) is 2. The van der Waals surface area contributed by atoms with E-state index in [1.807, 2.05) is 12.1 Å². The van der Waals surface area contributed by atoms with Gasteiger partial charge in [-0.1, -0.05) is 0 Å². The van der Waals surface area contributed by atoms with Crippen molar-refractivity contribution < 1.29 is 9.59 Å². The lowest BCUT2D eigenvalue weighted by molar-refractivity contribution is -0.116. The van der Waals surface area contributed by atoms with Crippen molar-refractivity contribution in [2.45, 2.75) is 12.8 Å². The number of halogens is 1. The summed E-state index contributed by atoms with van der Waals surface area (Å²) >= 11 is 2.15. The molecule has 0 aliphatic carbocycles. The normalized spacial score (nSPS) is 15.8. The smallest absolute Gasteiger partial charge is 0.224 e. The monoisotopic (exact) mass is 301 g/mol. The van der Waals surface area contributed by atoms with E-state index in [0.29, 0.717) is 17.7 Å². The Morgan fingerprint density at radius 3 is 2.79 bits per heavy atom. The Kier molecular flexibility index (Phi) is 2.54. The molecule has 2 rings (SSSR count). The molecule has 0 unspecified atom stereocenters. The predicted molar refractivity (Wildman–Crippen MR) is 61.4 cm³/mol. The molecule has 0 saturated heterocycles. The Balaban J connectivity index is 2.52. The summed E-state index contributed by atoms with van der Waals surface area (Å²) in [5.41, 5.74) is 1.26. The Bertz CT molecular complexity index is 415. The molecule has 1 N–H and O–H groups in total. The number of nitrogens with one attached hydrogen (secondary N) is 1. The first kappa shape index (κ1) is 9.64. The molecule has 1 amide bonds. The van der Waals surface area contributed by atoms with Crippen LogP contribution in [0.2, 0.25) is 0 Å². The van der Waals surface area contributed by atoms with Gasteiger partial charge in [0.2, 0.25) is 5.91 Å². The molecule has 0 fully saturated rings. The Labute approximate surface area is 95.0 Å². The van der Waals surface area contributed by atoms with Crippen LogP contribution in [0.4, 0.5) is 5.69 Å². The lowest BCUT2D eigenvalue weighted by Gasteiger charge is -2.05. The maximum atomic E-state index is 11.6. The van der Waals surface area contributed by atoms with Crippen LogP contribution in [0.5, 0.6) is 0 Å². The molecular formula is C10H8INO2. The van der Waals surface area contributed by atoms with Crippen molar-refractivity contribution in [3.8, 4) is 0 Å². The van der Waals surface area contributed by atoms with Crippen molar-refractivity contribution in [1.29, 1.82) is 0 Å². The summed E-state index contributed by atoms with van der Waals surface area (Å²) in [6.45, 7) is 0. The molecule has 0 bridgehead atoms. The predicted octanol–water partition coefficient (Wildman–Crippen LogP) is 2.21. The molecule has 1 aliphatic rings. The van der Waals surface area contributed by atoms with Crippen molar-refractivity contribution in [1.82, 2.24) is 0 Å². The molecule has 1 aromatic carbocycles. The van der Waals surface area contributed by atoms with Crippen molar-refractivity contribution >= 4 is 40.0 Å². The minimum Gasteiger partial charge on any atom is -0.325 e. The third kappa shape index (κ3) is 1.79. The molecule has 1 heterocycles. The quantitative estimate of drug-likeness (QED) is 0.747. The summed E-state index contributed by atoms with van der Waals surface area (Å²) in [7, 11) is 0. The standard InChI is InChI=1S/C10H8INO2/c11-6-1-2-8-7(5-6)9(13)3-4-10(14)12-8/h1-2,5H,3-4H2,(H,12,14). The summed E-state index contributed by atoms with van der Waals surface area (Å²) in [6, 6.07) is 5.46. The van der Waals surface area contributed by atoms with Crippen LogP contribution in [0.25, 0.3) is 0 Å². The van der Waals surface area contributed by atoms with Gasteiger partial charge in [-0.15, -0.1) is 0 Å². The number of hydrogen-bond donors (Lipinski definition) is 1. The molecule has 0 spiro atoms. The van der Waals surface area contributed by atoms with Crippen molar-refractivity contribution in [3.63, 3.8) is 0 Å². The van der Waals surface area contributed by atoms with Gasteiger partial charge in [-0.2, -0.15) is 0 Å². The van der Waals surface area contributed by atoms with Gasteiger partial charge in [0, 0.05) is 22.0 Å². The van der Waals surface area contributed by atoms with Gasteiger partial charge in [0.15, 0.2) is 5.78 Å². The van der Waals surface area contributed by atoms with E-state index in [1.165, 1.54) is 0 Å². The van der Waals surface area contributed by atoms with E-state index < -0.39 is 0 Å². The van der Waals surface area contributed by atoms with E-state index in [4.69, 9.17) is 0 Å². The van der Waals surface area contributed by atoms with Gasteiger partial charge in [-0.05, 0) is 40.8 Å². The molecular weight excluding hydrogens is 293 g/mol. The average Bonchev–Trinajstić information content (AvgIpc) is 2.29. The number of anilines is 1. The zero-order valence-corrected chi connectivity index (χ0v) is 9.50. The molecule has 0 aromatic heterocycles. The highest BCUT2D eigenvalue weighted by atomic mass is 127. The van der Waals surface area contributed by atoms with Gasteiger partial charge in [0.05, 0.1) is 5.69 Å². The van der Waals surface area contributed by atoms with Crippen molar-refractivity contribution in [3.05, 3.63) is 27.3 Å². The number of Topliss-reactive ketones (excluding diaryl/α,β-unsaturated/α-hetero) is 1. The molecule has 14 heavy (non-hydrogen) atoms. The van der Waals surface area contributed by atoms with Crippen LogP contribution >= 0.6 is 22.6 Å². The first-order chi connectivity index (χ1) is 6.66. The van der Waals surface area contributed by atoms with Gasteiger partial charge >= 0.3 is 0 Å². The van der Waals surface area contributed by atoms with Gasteiger partial charge < -0.3 is 5.32 Å². The van der Waals surface area contributed by atoms with Gasteiger partial charge in [0.1, 0.15) is 0 Å². The van der Waals surface area contributed by atoms with Crippen LogP contribution in [0.1, 0.15) is 23.2 Å². The third-order valence-corrected chi connectivity index (χ3v) is 2.81. The van der Waals surface area contributed by atoms with Gasteiger partial charge in [0.25, 0.3) is 0 Å². The van der Waals surface area contributed by atoms with Crippen LogP contribution in [-0.4, -0.2) is 11.7 Å². The third-order valence-electron chi connectivity index (χ3n) is 2.14. The Morgan fingerprint density at radius 2 is 2.00 bits per heavy atom. The molecule has 3 nitrogen and oxygen atoms in total. The topological polar surface area (TPSA) is 46.2 Å². The van der Waals surface area contributed by atoms with Crippen LogP contribution < -0.4 is 5.32 Å². The SMILES string of the molecule is O=C1CCC(=O)c2cc(I)ccc2N1. The summed E-state index contributed by atoms with van der Waals surface area (Å²) in [5, 5.41) is 2.72. The molecule has 1 aromatic rings. The lowest BCUT2D eigenvalue weighted by atomic mass is 10.1. The minimum atomic E-state index is -0.0849. The highest BCUT2D eigenvalue weighted by Crippen LogP contribution is 2.23. The van der Waals surface area contributed by atoms with Crippen LogP contribution in [-0.2, 0) is 4.79 Å². The van der Waals surface area contributed by atoms with Gasteiger partial charge in [-0.3, -0.25) is 9.59 Å². The van der Waals surface area contributed by atoms with Crippen LogP contribution in [0.15, 0.2) is 18.2 Å². The Hall–Kier alpha value is -0.910. The van der Waals surface area contributed by atoms with E-state index in [2.05, 4.69) is 27.9 Å². The highest BCUT2D eigenvalue weighted by Gasteiger charge is 2.19. The fourth-order valence-corrected chi connectivity index (χ4v) is 1.92. The largest absolute Gasteiger partial charge is 0.325 e. The maximum Gasteiger partial charge on any atom is 0.224 e. The summed E-state index contributed by atoms with van der Waals surface area (Å²) in [6.07, 6.45) is 0.586. The summed E-state index contributed by atoms with van der Waals surface area (Å²) in [4.78, 5) is 22.8. The highest BCUT2D eigenvalue weighted by molar-refractivity contribution is 14.1. The van der Waals surface area contributed by atoms with Gasteiger partial charge in [-0.25, -0.2) is 0 Å². The molecule has 4 heteroatoms. The summed E-state index contributed by atoms with van der Waals surface area (Å²) < 4.78 is 1.01. The first-order valence-corrected chi connectivity index (χ1v) is 5.37. The molecule has 72 valence electrons. The van der Waals surface area contributed by atoms with Crippen molar-refractivity contribution in [2.75, 3.05) is 5.32 Å². The Morgan fingerprint density at radius 1 is 1.21 bits per heavy atom. The van der Waals surface area contributed by atoms with E-state index in [1.54, 1.807) is 6.07 Å². The fraction of sp³-hybridized carbons (Fsp3) is 0.200. The number of benzene rings is 1. The lowest BCUT2D eigenvalue weighted by Crippen LogP contribution is -2.09. The molecule has 0 radical (unpaired) electrons. The zero-order valence-electron chi connectivity index (χ0n) is 7.34. The van der Waals surface area contributed by atoms with Crippen LogP contribution in [0, 0.1) is 3.57 Å². The second-order valence-corrected chi connectivity index (χ2v) is 4.41. The van der Waals surface area contributed by atoms with E-state index in [0.717, 1.165) is 3.57 Å². The zero-order chi connectivity index (χ0) is 10.1. The molecule has 0 saturated carbocycles. The number of rotatable bonds is 0. The first-order valence-electron chi connectivity index (χ1n) is 4.29. The number of amides is 1. The summed E-state index contributed by atoms with van der Waals surface area (Å²) in [5.74, 6) is -0.0461. The number of carbonyl (C=O) groups is 2. The molecule has 0 atom stereocenters. The van der Waals surface area contributed by atoms with E-state index >= 15 is 0 Å².